The highest BCUT2D eigenvalue weighted by Crippen LogP contribution is 2.27. The van der Waals surface area contributed by atoms with Crippen LogP contribution in [0.4, 0.5) is 16.4 Å². The Hall–Kier alpha value is -4.14. The SMILES string of the molecule is CC(C)(C)OC(=O)N1CC[C@H](Nc2ncnc(N)c2C(=O)c2ccc(Oc3ccccc3)cc2)C1. The molecule has 3 aromatic rings. The Bertz CT molecular complexity index is 1190. The fourth-order valence-electron chi connectivity index (χ4n) is 3.74. The number of nitrogens with one attached hydrogen (secondary N) is 1. The number of carbonyl (C=O) groups is 2. The summed E-state index contributed by atoms with van der Waals surface area (Å²) in [7, 11) is 0. The maximum Gasteiger partial charge on any atom is 0.410 e. The third-order valence-corrected chi connectivity index (χ3v) is 5.38. The molecule has 2 heterocycles. The highest BCUT2D eigenvalue weighted by molar-refractivity contribution is 6.14. The van der Waals surface area contributed by atoms with Crippen molar-refractivity contribution in [1.29, 1.82) is 0 Å². The molecule has 1 aliphatic heterocycles. The number of nitrogens with two attached hydrogens (primary N) is 1. The Kier molecular flexibility index (Phi) is 6.86. The van der Waals surface area contributed by atoms with E-state index in [0.717, 1.165) is 0 Å². The zero-order valence-corrected chi connectivity index (χ0v) is 20.0. The molecule has 1 atom stereocenters. The van der Waals surface area contributed by atoms with Crippen LogP contribution in [0.2, 0.25) is 0 Å². The third kappa shape index (κ3) is 6.06. The zero-order chi connectivity index (χ0) is 25.0. The van der Waals surface area contributed by atoms with Crippen molar-refractivity contribution in [2.75, 3.05) is 24.1 Å². The van der Waals surface area contributed by atoms with E-state index >= 15 is 0 Å². The smallest absolute Gasteiger partial charge is 0.410 e. The number of amides is 1. The number of carbonyl (C=O) groups excluding carboxylic acids is 2. The van der Waals surface area contributed by atoms with Crippen molar-refractivity contribution in [2.24, 2.45) is 0 Å². The summed E-state index contributed by atoms with van der Waals surface area (Å²) < 4.78 is 11.3. The fourth-order valence-corrected chi connectivity index (χ4v) is 3.74. The number of ether oxygens (including phenoxy) is 2. The number of benzene rings is 2. The van der Waals surface area contributed by atoms with Gasteiger partial charge in [-0.1, -0.05) is 18.2 Å². The molecule has 35 heavy (non-hydrogen) atoms. The van der Waals surface area contributed by atoms with Crippen LogP contribution >= 0.6 is 0 Å². The molecule has 1 aromatic heterocycles. The highest BCUT2D eigenvalue weighted by Gasteiger charge is 2.31. The molecule has 1 aliphatic rings. The second-order valence-corrected chi connectivity index (χ2v) is 9.31. The topological polar surface area (TPSA) is 120 Å². The van der Waals surface area contributed by atoms with E-state index in [1.807, 2.05) is 51.1 Å². The molecule has 0 saturated carbocycles. The van der Waals surface area contributed by atoms with E-state index in [9.17, 15) is 9.59 Å². The van der Waals surface area contributed by atoms with Gasteiger partial charge in [0.05, 0.1) is 0 Å². The summed E-state index contributed by atoms with van der Waals surface area (Å²) in [6, 6.07) is 16.1. The first-order valence-corrected chi connectivity index (χ1v) is 11.4. The number of ketones is 1. The van der Waals surface area contributed by atoms with Crippen LogP contribution in [0.25, 0.3) is 0 Å². The van der Waals surface area contributed by atoms with Crippen molar-refractivity contribution in [3.63, 3.8) is 0 Å². The lowest BCUT2D eigenvalue weighted by atomic mass is 10.0. The van der Waals surface area contributed by atoms with Crippen LogP contribution in [0.5, 0.6) is 11.5 Å². The number of hydrogen-bond acceptors (Lipinski definition) is 8. The van der Waals surface area contributed by atoms with Crippen LogP contribution < -0.4 is 15.8 Å². The standard InChI is InChI=1S/C26H29N5O4/c1-26(2,3)35-25(33)31-14-13-18(15-31)30-24-21(23(27)28-16-29-24)22(32)17-9-11-20(12-10-17)34-19-7-5-4-6-8-19/h4-12,16,18H,13-15H2,1-3H3,(H3,27,28,29,30)/t18-/m0/s1. The van der Waals surface area contributed by atoms with Crippen molar-refractivity contribution in [1.82, 2.24) is 14.9 Å². The molecule has 2 aromatic carbocycles. The molecule has 3 N–H and O–H groups in total. The van der Waals surface area contributed by atoms with E-state index in [4.69, 9.17) is 15.2 Å². The minimum absolute atomic E-state index is 0.0825. The maximum atomic E-state index is 13.3. The summed E-state index contributed by atoms with van der Waals surface area (Å²) in [5.41, 5.74) is 6.15. The van der Waals surface area contributed by atoms with Gasteiger partial charge < -0.3 is 25.4 Å². The summed E-state index contributed by atoms with van der Waals surface area (Å²) >= 11 is 0. The van der Waals surface area contributed by atoms with Gasteiger partial charge in [-0.2, -0.15) is 0 Å². The van der Waals surface area contributed by atoms with Crippen LogP contribution in [0, 0.1) is 0 Å². The van der Waals surface area contributed by atoms with Gasteiger partial charge in [0.1, 0.15) is 40.6 Å². The molecule has 9 heteroatoms. The van der Waals surface area contributed by atoms with E-state index in [1.54, 1.807) is 29.2 Å². The Morgan fingerprint density at radius 2 is 1.71 bits per heavy atom. The second kappa shape index (κ2) is 10.0. The largest absolute Gasteiger partial charge is 0.457 e. The van der Waals surface area contributed by atoms with Crippen LogP contribution in [0.1, 0.15) is 43.1 Å². The molecule has 0 unspecified atom stereocenters. The van der Waals surface area contributed by atoms with Gasteiger partial charge in [-0.25, -0.2) is 14.8 Å². The van der Waals surface area contributed by atoms with E-state index < -0.39 is 5.60 Å². The molecular weight excluding hydrogens is 446 g/mol. The lowest BCUT2D eigenvalue weighted by Crippen LogP contribution is -2.36. The number of rotatable bonds is 6. The Balaban J connectivity index is 1.46. The van der Waals surface area contributed by atoms with Crippen LogP contribution in [0.15, 0.2) is 60.9 Å². The van der Waals surface area contributed by atoms with Crippen LogP contribution in [0.3, 0.4) is 0 Å². The van der Waals surface area contributed by atoms with E-state index in [-0.39, 0.29) is 29.3 Å². The van der Waals surface area contributed by atoms with Gasteiger partial charge >= 0.3 is 6.09 Å². The van der Waals surface area contributed by atoms with Gasteiger partial charge in [-0.3, -0.25) is 4.79 Å². The number of hydrogen-bond donors (Lipinski definition) is 2. The van der Waals surface area contributed by atoms with Crippen LogP contribution in [-0.2, 0) is 4.74 Å². The summed E-state index contributed by atoms with van der Waals surface area (Å²) in [6.45, 7) is 6.47. The molecule has 0 aliphatic carbocycles. The van der Waals surface area contributed by atoms with E-state index in [1.165, 1.54) is 6.33 Å². The number of likely N-dealkylation sites (tertiary alicyclic amines) is 1. The maximum absolute atomic E-state index is 13.3. The predicted octanol–water partition coefficient (Wildman–Crippen LogP) is 4.50. The molecule has 1 fully saturated rings. The predicted molar refractivity (Wildman–Crippen MR) is 133 cm³/mol. The van der Waals surface area contributed by atoms with Gasteiger partial charge in [-0.15, -0.1) is 0 Å². The number of anilines is 2. The first kappa shape index (κ1) is 24.0. The quantitative estimate of drug-likeness (QED) is 0.500. The highest BCUT2D eigenvalue weighted by atomic mass is 16.6. The molecule has 0 bridgehead atoms. The van der Waals surface area contributed by atoms with Gasteiger partial charge in [0, 0.05) is 24.7 Å². The molecule has 9 nitrogen and oxygen atoms in total. The third-order valence-electron chi connectivity index (χ3n) is 5.38. The second-order valence-electron chi connectivity index (χ2n) is 9.31. The van der Waals surface area contributed by atoms with Crippen LogP contribution in [-0.4, -0.2) is 51.5 Å². The first-order chi connectivity index (χ1) is 16.7. The van der Waals surface area contributed by atoms with Gasteiger partial charge in [0.15, 0.2) is 5.78 Å². The summed E-state index contributed by atoms with van der Waals surface area (Å²) in [5.74, 6) is 1.42. The summed E-state index contributed by atoms with van der Waals surface area (Å²) in [6.07, 6.45) is 1.63. The van der Waals surface area contributed by atoms with Gasteiger partial charge in [0.2, 0.25) is 0 Å². The first-order valence-electron chi connectivity index (χ1n) is 11.4. The Morgan fingerprint density at radius 1 is 1.03 bits per heavy atom. The minimum atomic E-state index is -0.565. The van der Waals surface area contributed by atoms with Crippen molar-refractivity contribution in [3.8, 4) is 11.5 Å². The average Bonchev–Trinajstić information content (AvgIpc) is 3.28. The van der Waals surface area contributed by atoms with Crippen molar-refractivity contribution in [2.45, 2.75) is 38.8 Å². The number of nitrogens with zero attached hydrogens (tertiary/aromatic N) is 3. The normalized spacial score (nSPS) is 15.5. The molecule has 4 rings (SSSR count). The van der Waals surface area contributed by atoms with E-state index in [2.05, 4.69) is 15.3 Å². The van der Waals surface area contributed by atoms with Crippen molar-refractivity contribution >= 4 is 23.5 Å². The lowest BCUT2D eigenvalue weighted by molar-refractivity contribution is 0.0293. The molecular formula is C26H29N5O4. The number of para-hydroxylation sites is 1. The van der Waals surface area contributed by atoms with E-state index in [0.29, 0.717) is 42.4 Å². The van der Waals surface area contributed by atoms with Crippen molar-refractivity contribution < 1.29 is 19.1 Å². The fraction of sp³-hybridized carbons (Fsp3) is 0.308. The molecule has 182 valence electrons. The average molecular weight is 476 g/mol. The summed E-state index contributed by atoms with van der Waals surface area (Å²) in [4.78, 5) is 35.6. The zero-order valence-electron chi connectivity index (χ0n) is 20.0. The number of nitrogen functional groups attached to an aromatic ring is 1. The van der Waals surface area contributed by atoms with Crippen molar-refractivity contribution in [3.05, 3.63) is 72.1 Å². The monoisotopic (exact) mass is 475 g/mol. The lowest BCUT2D eigenvalue weighted by Gasteiger charge is -2.24. The molecule has 1 amide bonds. The molecule has 0 radical (unpaired) electrons. The minimum Gasteiger partial charge on any atom is -0.457 e. The van der Waals surface area contributed by atoms with Gasteiger partial charge in [0.25, 0.3) is 0 Å². The van der Waals surface area contributed by atoms with Gasteiger partial charge in [-0.05, 0) is 63.6 Å². The Morgan fingerprint density at radius 3 is 2.40 bits per heavy atom. The summed E-state index contributed by atoms with van der Waals surface area (Å²) in [5, 5.41) is 3.27. The molecule has 0 spiro atoms. The molecule has 1 saturated heterocycles. The Labute approximate surface area is 204 Å². The number of aromatic nitrogens is 2.